The van der Waals surface area contributed by atoms with Crippen LogP contribution in [0.5, 0.6) is 0 Å². The van der Waals surface area contributed by atoms with Gasteiger partial charge >= 0.3 is 0 Å². The fourth-order valence-electron chi connectivity index (χ4n) is 2.30. The first kappa shape index (κ1) is 9.53. The van der Waals surface area contributed by atoms with Gasteiger partial charge in [-0.1, -0.05) is 17.7 Å². The van der Waals surface area contributed by atoms with Gasteiger partial charge in [-0.05, 0) is 55.7 Å². The maximum Gasteiger partial charge on any atom is 0.0426 e. The van der Waals surface area contributed by atoms with Crippen LogP contribution in [0.4, 0.5) is 5.69 Å². The first-order valence-electron chi connectivity index (χ1n) is 5.85. The number of rotatable bonds is 4. The standard InChI is InChI=1S/C13H16ClN/c14-11-2-1-3-12(8-11)15-13(9-4-5-9)10-6-7-10/h1-3,8-10,13,15H,4-7H2. The number of nitrogens with one attached hydrogen (secondary N) is 1. The summed E-state index contributed by atoms with van der Waals surface area (Å²) in [5.74, 6) is 1.85. The molecule has 0 radical (unpaired) electrons. The quantitative estimate of drug-likeness (QED) is 0.812. The molecule has 1 nitrogen and oxygen atoms in total. The molecular formula is C13H16ClN. The van der Waals surface area contributed by atoms with E-state index in [1.54, 1.807) is 0 Å². The smallest absolute Gasteiger partial charge is 0.0426 e. The highest BCUT2D eigenvalue weighted by Crippen LogP contribution is 2.45. The van der Waals surface area contributed by atoms with Crippen LogP contribution >= 0.6 is 11.6 Å². The van der Waals surface area contributed by atoms with Crippen molar-refractivity contribution in [1.29, 1.82) is 0 Å². The highest BCUT2D eigenvalue weighted by molar-refractivity contribution is 6.30. The van der Waals surface area contributed by atoms with Gasteiger partial charge in [-0.15, -0.1) is 0 Å². The Bertz CT molecular complexity index is 343. The van der Waals surface area contributed by atoms with Crippen LogP contribution in [-0.4, -0.2) is 6.04 Å². The molecule has 0 aliphatic heterocycles. The lowest BCUT2D eigenvalue weighted by molar-refractivity contribution is 0.568. The predicted molar refractivity (Wildman–Crippen MR) is 64.3 cm³/mol. The van der Waals surface area contributed by atoms with Crippen molar-refractivity contribution in [2.24, 2.45) is 11.8 Å². The molecule has 0 spiro atoms. The number of halogens is 1. The van der Waals surface area contributed by atoms with Gasteiger partial charge in [0.05, 0.1) is 0 Å². The fraction of sp³-hybridized carbons (Fsp3) is 0.538. The minimum Gasteiger partial charge on any atom is -0.382 e. The zero-order chi connectivity index (χ0) is 10.3. The molecule has 2 aliphatic rings. The van der Waals surface area contributed by atoms with Crippen molar-refractivity contribution in [2.75, 3.05) is 5.32 Å². The monoisotopic (exact) mass is 221 g/mol. The summed E-state index contributed by atoms with van der Waals surface area (Å²) in [6.45, 7) is 0. The van der Waals surface area contributed by atoms with Gasteiger partial charge in [-0.25, -0.2) is 0 Å². The van der Waals surface area contributed by atoms with Crippen LogP contribution in [0.25, 0.3) is 0 Å². The van der Waals surface area contributed by atoms with Crippen LogP contribution in [0.1, 0.15) is 25.7 Å². The van der Waals surface area contributed by atoms with Crippen LogP contribution in [-0.2, 0) is 0 Å². The Kier molecular flexibility index (Phi) is 2.36. The third kappa shape index (κ3) is 2.28. The van der Waals surface area contributed by atoms with Gasteiger partial charge in [0.1, 0.15) is 0 Å². The van der Waals surface area contributed by atoms with Gasteiger partial charge in [-0.3, -0.25) is 0 Å². The van der Waals surface area contributed by atoms with Crippen LogP contribution in [0.2, 0.25) is 5.02 Å². The van der Waals surface area contributed by atoms with E-state index in [-0.39, 0.29) is 0 Å². The third-order valence-electron chi connectivity index (χ3n) is 3.42. The summed E-state index contributed by atoms with van der Waals surface area (Å²) in [6.07, 6.45) is 5.65. The highest BCUT2D eigenvalue weighted by Gasteiger charge is 2.41. The van der Waals surface area contributed by atoms with Crippen LogP contribution < -0.4 is 5.32 Å². The van der Waals surface area contributed by atoms with E-state index in [9.17, 15) is 0 Å². The number of hydrogen-bond donors (Lipinski definition) is 1. The molecule has 1 aromatic carbocycles. The number of benzene rings is 1. The SMILES string of the molecule is Clc1cccc(NC(C2CC2)C2CC2)c1. The highest BCUT2D eigenvalue weighted by atomic mass is 35.5. The van der Waals surface area contributed by atoms with Crippen molar-refractivity contribution >= 4 is 17.3 Å². The fourth-order valence-corrected chi connectivity index (χ4v) is 2.49. The predicted octanol–water partition coefficient (Wildman–Crippen LogP) is 3.94. The molecule has 0 aromatic heterocycles. The number of hydrogen-bond acceptors (Lipinski definition) is 1. The Hall–Kier alpha value is -0.690. The largest absolute Gasteiger partial charge is 0.382 e. The molecule has 2 aliphatic carbocycles. The summed E-state index contributed by atoms with van der Waals surface area (Å²) < 4.78 is 0. The molecule has 2 saturated carbocycles. The minimum absolute atomic E-state index is 0.712. The van der Waals surface area contributed by atoms with E-state index in [1.165, 1.54) is 31.4 Å². The molecule has 0 atom stereocenters. The second-order valence-corrected chi connectivity index (χ2v) is 5.29. The molecule has 2 heteroatoms. The van der Waals surface area contributed by atoms with E-state index in [0.717, 1.165) is 16.9 Å². The molecule has 80 valence electrons. The molecule has 3 rings (SSSR count). The van der Waals surface area contributed by atoms with Crippen molar-refractivity contribution < 1.29 is 0 Å². The lowest BCUT2D eigenvalue weighted by Crippen LogP contribution is -2.24. The minimum atomic E-state index is 0.712. The Labute approximate surface area is 95.8 Å². The van der Waals surface area contributed by atoms with E-state index < -0.39 is 0 Å². The zero-order valence-corrected chi connectivity index (χ0v) is 9.50. The van der Waals surface area contributed by atoms with Crippen LogP contribution in [0.3, 0.4) is 0 Å². The van der Waals surface area contributed by atoms with Crippen molar-refractivity contribution in [2.45, 2.75) is 31.7 Å². The zero-order valence-electron chi connectivity index (χ0n) is 8.75. The van der Waals surface area contributed by atoms with Gasteiger partial charge in [0, 0.05) is 16.8 Å². The maximum absolute atomic E-state index is 5.98. The number of anilines is 1. The van der Waals surface area contributed by atoms with E-state index in [2.05, 4.69) is 11.4 Å². The van der Waals surface area contributed by atoms with Gasteiger partial charge in [0.25, 0.3) is 0 Å². The van der Waals surface area contributed by atoms with E-state index in [4.69, 9.17) is 11.6 Å². The van der Waals surface area contributed by atoms with E-state index >= 15 is 0 Å². The second kappa shape index (κ2) is 3.71. The first-order chi connectivity index (χ1) is 7.33. The molecule has 0 saturated heterocycles. The summed E-state index contributed by atoms with van der Waals surface area (Å²) >= 11 is 5.98. The average Bonchev–Trinajstić information content (AvgIpc) is 3.07. The molecule has 15 heavy (non-hydrogen) atoms. The molecule has 1 N–H and O–H groups in total. The Morgan fingerprint density at radius 3 is 2.33 bits per heavy atom. The summed E-state index contributed by atoms with van der Waals surface area (Å²) in [7, 11) is 0. The average molecular weight is 222 g/mol. The van der Waals surface area contributed by atoms with Crippen LogP contribution in [0.15, 0.2) is 24.3 Å². The maximum atomic E-state index is 5.98. The van der Waals surface area contributed by atoms with E-state index in [0.29, 0.717) is 6.04 Å². The Morgan fingerprint density at radius 2 is 1.80 bits per heavy atom. The van der Waals surface area contributed by atoms with Gasteiger partial charge in [0.2, 0.25) is 0 Å². The summed E-state index contributed by atoms with van der Waals surface area (Å²) in [5.41, 5.74) is 1.19. The molecular weight excluding hydrogens is 206 g/mol. The second-order valence-electron chi connectivity index (χ2n) is 4.86. The van der Waals surface area contributed by atoms with Gasteiger partial charge in [-0.2, -0.15) is 0 Å². The van der Waals surface area contributed by atoms with Crippen molar-refractivity contribution in [3.63, 3.8) is 0 Å². The Balaban J connectivity index is 1.71. The normalized spacial score (nSPS) is 20.7. The summed E-state index contributed by atoms with van der Waals surface area (Å²) in [4.78, 5) is 0. The molecule has 0 unspecified atom stereocenters. The van der Waals surface area contributed by atoms with Gasteiger partial charge < -0.3 is 5.32 Å². The summed E-state index contributed by atoms with van der Waals surface area (Å²) in [6, 6.07) is 8.80. The van der Waals surface area contributed by atoms with Crippen LogP contribution in [0, 0.1) is 11.8 Å². The van der Waals surface area contributed by atoms with Crippen molar-refractivity contribution in [3.05, 3.63) is 29.3 Å². The molecule has 1 aromatic rings. The third-order valence-corrected chi connectivity index (χ3v) is 3.65. The Morgan fingerprint density at radius 1 is 1.13 bits per heavy atom. The first-order valence-corrected chi connectivity index (χ1v) is 6.23. The molecule has 0 amide bonds. The molecule has 0 heterocycles. The lowest BCUT2D eigenvalue weighted by Gasteiger charge is -2.19. The molecule has 2 fully saturated rings. The van der Waals surface area contributed by atoms with E-state index in [1.807, 2.05) is 18.2 Å². The topological polar surface area (TPSA) is 12.0 Å². The summed E-state index contributed by atoms with van der Waals surface area (Å²) in [5, 5.41) is 4.48. The lowest BCUT2D eigenvalue weighted by atomic mass is 10.1. The van der Waals surface area contributed by atoms with Gasteiger partial charge in [0.15, 0.2) is 0 Å². The molecule has 0 bridgehead atoms. The van der Waals surface area contributed by atoms with Crippen molar-refractivity contribution in [1.82, 2.24) is 0 Å². The van der Waals surface area contributed by atoms with Crippen molar-refractivity contribution in [3.8, 4) is 0 Å².